The van der Waals surface area contributed by atoms with Gasteiger partial charge in [-0.15, -0.1) is 0 Å². The molecule has 0 unspecified atom stereocenters. The van der Waals surface area contributed by atoms with Gasteiger partial charge in [0.05, 0.1) is 23.3 Å². The van der Waals surface area contributed by atoms with Gasteiger partial charge in [-0.3, -0.25) is 9.97 Å². The summed E-state index contributed by atoms with van der Waals surface area (Å²) in [6.07, 6.45) is 15.6. The Labute approximate surface area is 544 Å². The first-order valence-electron chi connectivity index (χ1n) is 29.5. The molecule has 0 atom stereocenters. The predicted octanol–water partition coefficient (Wildman–Crippen LogP) is 21.3. The molecule has 6 aromatic heterocycles. The fourth-order valence-corrected chi connectivity index (χ4v) is 8.68. The van der Waals surface area contributed by atoms with Gasteiger partial charge in [0.2, 0.25) is 11.9 Å². The van der Waals surface area contributed by atoms with Crippen molar-refractivity contribution in [1.82, 2.24) is 50.3 Å². The summed E-state index contributed by atoms with van der Waals surface area (Å²) >= 11 is 5.87. The number of pyridine rings is 2. The molecule has 0 amide bonds. The Hall–Kier alpha value is -6.86. The van der Waals surface area contributed by atoms with Gasteiger partial charge in [0, 0.05) is 63.2 Å². The molecule has 88 heavy (non-hydrogen) atoms. The summed E-state index contributed by atoms with van der Waals surface area (Å²) in [6, 6.07) is 33.7. The van der Waals surface area contributed by atoms with E-state index < -0.39 is 23.5 Å². The van der Waals surface area contributed by atoms with Crippen LogP contribution < -0.4 is 0 Å². The average molecular weight is 1390 g/mol. The smallest absolute Gasteiger partial charge is 0.216 e. The number of benzene rings is 3. The molecule has 0 aliphatic heterocycles. The normalized spacial score (nSPS) is 10.3. The fraction of sp³-hybridized carbons (Fsp3) is 0.380. The first-order valence-corrected chi connectivity index (χ1v) is 31.4. The summed E-state index contributed by atoms with van der Waals surface area (Å²) in [7, 11) is 0. The molecule has 9 aromatic rings. The van der Waals surface area contributed by atoms with Crippen molar-refractivity contribution in [2.24, 2.45) is 0 Å². The SMILES string of the molecule is CC(C)c1cc(F)cc(F)n1.CC(C)c1ccccc1Br.CC(C)c1ccccc1F.CC(C)c1ccccc1I.CC(C)c1cccnn1.CC(C)c1ccnnc1.CC(C)c1cnccn1.CC(C)c1cncnc1.CC(C)c1nc(F)ccc1F. The molecule has 0 spiro atoms. The molecule has 3 aromatic carbocycles. The topological polar surface area (TPSA) is 129 Å². The molecule has 9 rings (SSSR count). The van der Waals surface area contributed by atoms with E-state index in [9.17, 15) is 22.0 Å². The lowest BCUT2D eigenvalue weighted by Crippen LogP contribution is -1.98. The van der Waals surface area contributed by atoms with Crippen LogP contribution in [0.1, 0.15) is 228 Å². The molecule has 0 aliphatic rings. The highest BCUT2D eigenvalue weighted by Gasteiger charge is 2.10. The summed E-state index contributed by atoms with van der Waals surface area (Å²) in [4.78, 5) is 22.8. The third kappa shape index (κ3) is 34.0. The number of aromatic nitrogens is 10. The third-order valence-electron chi connectivity index (χ3n) is 12.2. The Balaban J connectivity index is 0.000000495. The Bertz CT molecular complexity index is 2920. The fourth-order valence-electron chi connectivity index (χ4n) is 6.93. The van der Waals surface area contributed by atoms with E-state index in [2.05, 4.69) is 214 Å². The zero-order valence-corrected chi connectivity index (χ0v) is 58.2. The summed E-state index contributed by atoms with van der Waals surface area (Å²) in [5.74, 6) is 1.07. The van der Waals surface area contributed by atoms with Crippen LogP contribution in [0.25, 0.3) is 0 Å². The van der Waals surface area contributed by atoms with Crippen LogP contribution in [0.4, 0.5) is 22.0 Å². The number of hydrogen-bond acceptors (Lipinski definition) is 10. The maximum atomic E-state index is 12.8. The van der Waals surface area contributed by atoms with Gasteiger partial charge >= 0.3 is 0 Å². The van der Waals surface area contributed by atoms with E-state index in [1.165, 1.54) is 42.4 Å². The molecule has 17 heteroatoms. The van der Waals surface area contributed by atoms with Gasteiger partial charge in [-0.2, -0.15) is 29.2 Å². The highest BCUT2D eigenvalue weighted by Crippen LogP contribution is 2.24. The monoisotopic (exact) mass is 1380 g/mol. The van der Waals surface area contributed by atoms with Crippen molar-refractivity contribution < 1.29 is 22.0 Å². The maximum absolute atomic E-state index is 12.8. The molecular formula is C71H91BrF5IN10. The lowest BCUT2D eigenvalue weighted by molar-refractivity contribution is 0.531. The van der Waals surface area contributed by atoms with E-state index in [0.717, 1.165) is 35.2 Å². The Kier molecular flexibility index (Phi) is 40.1. The maximum Gasteiger partial charge on any atom is 0.216 e. The lowest BCUT2D eigenvalue weighted by Gasteiger charge is -2.06. The van der Waals surface area contributed by atoms with E-state index in [1.54, 1.807) is 63.4 Å². The highest BCUT2D eigenvalue weighted by molar-refractivity contribution is 14.1. The summed E-state index contributed by atoms with van der Waals surface area (Å²) < 4.78 is 65.6. The molecule has 6 heterocycles. The van der Waals surface area contributed by atoms with Gasteiger partial charge in [-0.25, -0.2) is 33.1 Å². The number of hydrogen-bond donors (Lipinski definition) is 0. The molecule has 0 bridgehead atoms. The minimum absolute atomic E-state index is 0.0557. The molecule has 0 fully saturated rings. The third-order valence-corrected chi connectivity index (χ3v) is 13.9. The van der Waals surface area contributed by atoms with Crippen LogP contribution in [0.3, 0.4) is 0 Å². The van der Waals surface area contributed by atoms with Gasteiger partial charge in [0.25, 0.3) is 0 Å². The van der Waals surface area contributed by atoms with Crippen molar-refractivity contribution in [3.63, 3.8) is 0 Å². The molecule has 0 aliphatic carbocycles. The van der Waals surface area contributed by atoms with Gasteiger partial charge < -0.3 is 0 Å². The van der Waals surface area contributed by atoms with Crippen LogP contribution in [0.2, 0.25) is 0 Å². The van der Waals surface area contributed by atoms with Crippen LogP contribution in [-0.4, -0.2) is 50.3 Å². The van der Waals surface area contributed by atoms with Crippen molar-refractivity contribution in [1.29, 1.82) is 0 Å². The molecule has 10 nitrogen and oxygen atoms in total. The summed E-state index contributed by atoms with van der Waals surface area (Å²) in [5, 5.41) is 15.1. The number of halogens is 7. The van der Waals surface area contributed by atoms with Gasteiger partial charge in [0.15, 0.2) is 0 Å². The van der Waals surface area contributed by atoms with Gasteiger partial charge in [0.1, 0.15) is 23.8 Å². The minimum Gasteiger partial charge on any atom is -0.261 e. The second-order valence-corrected chi connectivity index (χ2v) is 24.6. The zero-order valence-electron chi connectivity index (χ0n) is 54.5. The zero-order chi connectivity index (χ0) is 66.3. The summed E-state index contributed by atoms with van der Waals surface area (Å²) in [6.45, 7) is 36.9. The van der Waals surface area contributed by atoms with Crippen molar-refractivity contribution in [2.45, 2.75) is 178 Å². The van der Waals surface area contributed by atoms with E-state index in [1.807, 2.05) is 76.5 Å². The molecule has 474 valence electrons. The van der Waals surface area contributed by atoms with Crippen molar-refractivity contribution in [3.05, 3.63) is 259 Å². The Morgan fingerprint density at radius 3 is 1.30 bits per heavy atom. The van der Waals surface area contributed by atoms with Gasteiger partial charge in [-0.1, -0.05) is 195 Å². The van der Waals surface area contributed by atoms with Gasteiger partial charge in [-0.05, 0) is 158 Å². The minimum atomic E-state index is -0.756. The van der Waals surface area contributed by atoms with E-state index in [-0.39, 0.29) is 29.3 Å². The lowest BCUT2D eigenvalue weighted by atomic mass is 10.0. The second kappa shape index (κ2) is 44.6. The van der Waals surface area contributed by atoms with Crippen molar-refractivity contribution in [3.8, 4) is 0 Å². The van der Waals surface area contributed by atoms with E-state index in [4.69, 9.17) is 0 Å². The average Bonchev–Trinajstić information content (AvgIpc) is 3.59. The van der Waals surface area contributed by atoms with Crippen molar-refractivity contribution >= 4 is 38.5 Å². The first-order chi connectivity index (χ1) is 41.6. The molecule has 0 saturated carbocycles. The second-order valence-electron chi connectivity index (χ2n) is 22.6. The van der Waals surface area contributed by atoms with Crippen LogP contribution in [0, 0.1) is 32.9 Å². The molecule has 0 N–H and O–H groups in total. The largest absolute Gasteiger partial charge is 0.261 e. The quantitative estimate of drug-likeness (QED) is 0.0782. The summed E-state index contributed by atoms with van der Waals surface area (Å²) in [5.41, 5.74) is 8.79. The standard InChI is InChI=1S/C9H11Br.C9H11F.C9H11I.2C8H9F2N.4C7H10N2/c3*1-7(2)8-5-3-4-6-9(8)10;1-5(2)7-3-6(9)4-8(10)11-7;1-5(2)8-6(9)3-4-7(10)11-8;1-6(2)7-3-8-5-9-4-7;1-6(2)7-5-8-3-4-9-7;1-6(2)7-3-4-8-9-5-7;1-6(2)7-4-3-5-8-9-7/h3*3-7H,1-2H3;2*3-5H,1-2H3;4*3-6H,1-2H3. The molecule has 0 saturated heterocycles. The van der Waals surface area contributed by atoms with E-state index >= 15 is 0 Å². The van der Waals surface area contributed by atoms with Crippen LogP contribution >= 0.6 is 38.5 Å². The molecule has 0 radical (unpaired) electrons. The van der Waals surface area contributed by atoms with E-state index in [0.29, 0.717) is 41.2 Å². The predicted molar refractivity (Wildman–Crippen MR) is 363 cm³/mol. The highest BCUT2D eigenvalue weighted by atomic mass is 127. The Morgan fingerprint density at radius 2 is 0.932 bits per heavy atom. The van der Waals surface area contributed by atoms with Crippen molar-refractivity contribution in [2.75, 3.05) is 0 Å². The van der Waals surface area contributed by atoms with Crippen LogP contribution in [-0.2, 0) is 0 Å². The van der Waals surface area contributed by atoms with Crippen LogP contribution in [0.15, 0.2) is 176 Å². The first kappa shape index (κ1) is 79.2. The van der Waals surface area contributed by atoms with Crippen LogP contribution in [0.5, 0.6) is 0 Å². The Morgan fingerprint density at radius 1 is 0.375 bits per heavy atom. The number of rotatable bonds is 9. The molecular weight excluding hydrogens is 1290 g/mol. The number of nitrogens with zero attached hydrogens (tertiary/aromatic N) is 10.